The third-order valence-corrected chi connectivity index (χ3v) is 6.87. The van der Waals surface area contributed by atoms with Crippen molar-refractivity contribution in [3.8, 4) is 0 Å². The van der Waals surface area contributed by atoms with Gasteiger partial charge in [-0.2, -0.15) is 4.31 Å². The normalized spacial score (nSPS) is 18.2. The summed E-state index contributed by atoms with van der Waals surface area (Å²) in [6.45, 7) is 6.48. The lowest BCUT2D eigenvalue weighted by atomic mass is 9.87. The number of nitrogens with one attached hydrogen (secondary N) is 1. The molecule has 0 aliphatic carbocycles. The molecule has 0 saturated carbocycles. The van der Waals surface area contributed by atoms with Gasteiger partial charge in [-0.25, -0.2) is 12.8 Å². The molecule has 1 aliphatic rings. The lowest BCUT2D eigenvalue weighted by Gasteiger charge is -2.24. The average Bonchev–Trinajstić information content (AvgIpc) is 3.14. The highest BCUT2D eigenvalue weighted by atomic mass is 32.2. The van der Waals surface area contributed by atoms with E-state index in [0.29, 0.717) is 25.1 Å². The summed E-state index contributed by atoms with van der Waals surface area (Å²) in [6, 6.07) is 11.4. The van der Waals surface area contributed by atoms with E-state index in [1.54, 1.807) is 12.1 Å². The number of halogens is 1. The van der Waals surface area contributed by atoms with Crippen molar-refractivity contribution in [2.75, 3.05) is 11.9 Å². The molecule has 1 N–H and O–H groups in total. The maximum absolute atomic E-state index is 13.1. The van der Waals surface area contributed by atoms with Crippen LogP contribution in [0.5, 0.6) is 0 Å². The highest BCUT2D eigenvalue weighted by Gasteiger charge is 2.39. The minimum absolute atomic E-state index is 0.0759. The second-order valence-electron chi connectivity index (χ2n) is 8.04. The molecule has 1 amide bonds. The first-order valence-corrected chi connectivity index (χ1v) is 10.7. The number of hydrogen-bond donors (Lipinski definition) is 1. The highest BCUT2D eigenvalue weighted by Crippen LogP contribution is 2.29. The number of anilines is 1. The first-order valence-electron chi connectivity index (χ1n) is 9.28. The molecule has 0 spiro atoms. The third kappa shape index (κ3) is 4.25. The zero-order valence-corrected chi connectivity index (χ0v) is 17.1. The Balaban J connectivity index is 1.80. The second kappa shape index (κ2) is 7.64. The van der Waals surface area contributed by atoms with Crippen molar-refractivity contribution >= 4 is 21.6 Å². The lowest BCUT2D eigenvalue weighted by molar-refractivity contribution is -0.119. The van der Waals surface area contributed by atoms with Crippen molar-refractivity contribution in [1.82, 2.24) is 4.31 Å². The minimum atomic E-state index is -3.78. The molecule has 1 unspecified atom stereocenters. The number of sulfonamides is 1. The van der Waals surface area contributed by atoms with Gasteiger partial charge in [-0.1, -0.05) is 32.9 Å². The molecule has 28 heavy (non-hydrogen) atoms. The second-order valence-corrected chi connectivity index (χ2v) is 9.93. The summed E-state index contributed by atoms with van der Waals surface area (Å²) in [6.07, 6.45) is 1.06. The fourth-order valence-corrected chi connectivity index (χ4v) is 4.97. The number of carbonyl (C=O) groups excluding carboxylic acids is 1. The molecule has 1 fully saturated rings. The van der Waals surface area contributed by atoms with E-state index >= 15 is 0 Å². The Morgan fingerprint density at radius 2 is 1.68 bits per heavy atom. The summed E-state index contributed by atoms with van der Waals surface area (Å²) in [4.78, 5) is 12.8. The summed E-state index contributed by atoms with van der Waals surface area (Å²) >= 11 is 0. The van der Waals surface area contributed by atoms with Crippen LogP contribution in [-0.2, 0) is 20.2 Å². The van der Waals surface area contributed by atoms with Gasteiger partial charge in [-0.3, -0.25) is 4.79 Å². The van der Waals surface area contributed by atoms with Gasteiger partial charge >= 0.3 is 0 Å². The van der Waals surface area contributed by atoms with Crippen molar-refractivity contribution < 1.29 is 17.6 Å². The zero-order chi connectivity index (χ0) is 20.5. The van der Waals surface area contributed by atoms with Crippen LogP contribution >= 0.6 is 0 Å². The number of carbonyl (C=O) groups is 1. The Morgan fingerprint density at radius 3 is 2.25 bits per heavy atom. The van der Waals surface area contributed by atoms with Gasteiger partial charge in [0.1, 0.15) is 11.9 Å². The van der Waals surface area contributed by atoms with E-state index in [9.17, 15) is 17.6 Å². The first kappa shape index (κ1) is 20.5. The molecule has 5 nitrogen and oxygen atoms in total. The number of nitrogens with zero attached hydrogens (tertiary/aromatic N) is 1. The molecule has 1 aliphatic heterocycles. The van der Waals surface area contributed by atoms with Gasteiger partial charge in [0.05, 0.1) is 4.90 Å². The van der Waals surface area contributed by atoms with Crippen LogP contribution < -0.4 is 5.32 Å². The van der Waals surface area contributed by atoms with Crippen molar-refractivity contribution in [3.63, 3.8) is 0 Å². The first-order chi connectivity index (χ1) is 13.1. The fourth-order valence-electron chi connectivity index (χ4n) is 3.31. The fraction of sp³-hybridized carbons (Fsp3) is 0.381. The maximum Gasteiger partial charge on any atom is 0.243 e. The lowest BCUT2D eigenvalue weighted by Crippen LogP contribution is -2.43. The predicted octanol–water partition coefficient (Wildman–Crippen LogP) is 3.92. The van der Waals surface area contributed by atoms with Crippen LogP contribution in [0.1, 0.15) is 39.2 Å². The Kier molecular flexibility index (Phi) is 5.59. The molecule has 1 atom stereocenters. The maximum atomic E-state index is 13.1. The van der Waals surface area contributed by atoms with E-state index in [4.69, 9.17) is 0 Å². The van der Waals surface area contributed by atoms with Gasteiger partial charge in [0.15, 0.2) is 0 Å². The van der Waals surface area contributed by atoms with Crippen LogP contribution in [0.25, 0.3) is 0 Å². The Hall–Kier alpha value is -2.25. The van der Waals surface area contributed by atoms with Gasteiger partial charge in [-0.05, 0) is 60.2 Å². The minimum Gasteiger partial charge on any atom is -0.325 e. The molecule has 2 aromatic carbocycles. The smallest absolute Gasteiger partial charge is 0.243 e. The molecule has 7 heteroatoms. The Bertz CT molecular complexity index is 949. The molecule has 1 saturated heterocycles. The number of rotatable bonds is 4. The summed E-state index contributed by atoms with van der Waals surface area (Å²) < 4.78 is 40.5. The largest absolute Gasteiger partial charge is 0.325 e. The molecule has 0 aromatic heterocycles. The van der Waals surface area contributed by atoms with Crippen molar-refractivity contribution in [3.05, 3.63) is 59.9 Å². The number of hydrogen-bond acceptors (Lipinski definition) is 3. The van der Waals surface area contributed by atoms with Crippen molar-refractivity contribution in [2.45, 2.75) is 50.0 Å². The van der Waals surface area contributed by atoms with Crippen LogP contribution in [0.2, 0.25) is 0 Å². The van der Waals surface area contributed by atoms with Gasteiger partial charge in [-0.15, -0.1) is 0 Å². The Labute approximate surface area is 165 Å². The molecule has 0 bridgehead atoms. The van der Waals surface area contributed by atoms with Crippen molar-refractivity contribution in [1.29, 1.82) is 0 Å². The molecule has 0 radical (unpaired) electrons. The van der Waals surface area contributed by atoms with Crippen molar-refractivity contribution in [2.24, 2.45) is 0 Å². The Morgan fingerprint density at radius 1 is 1.07 bits per heavy atom. The summed E-state index contributed by atoms with van der Waals surface area (Å²) in [5.74, 6) is -0.805. The van der Waals surface area contributed by atoms with E-state index in [1.165, 1.54) is 28.6 Å². The summed E-state index contributed by atoms with van der Waals surface area (Å²) in [7, 11) is -3.78. The van der Waals surface area contributed by atoms with Gasteiger partial charge in [0, 0.05) is 12.2 Å². The zero-order valence-electron chi connectivity index (χ0n) is 16.3. The van der Waals surface area contributed by atoms with Gasteiger partial charge in [0.2, 0.25) is 15.9 Å². The van der Waals surface area contributed by atoms with Crippen LogP contribution in [-0.4, -0.2) is 31.2 Å². The molecule has 3 rings (SSSR count). The van der Waals surface area contributed by atoms with Crippen LogP contribution in [0, 0.1) is 5.82 Å². The van der Waals surface area contributed by atoms with E-state index in [0.717, 1.165) is 5.56 Å². The van der Waals surface area contributed by atoms with E-state index in [-0.39, 0.29) is 10.3 Å². The quantitative estimate of drug-likeness (QED) is 0.840. The van der Waals surface area contributed by atoms with Crippen LogP contribution in [0.4, 0.5) is 10.1 Å². The molecular formula is C21H25FN2O3S. The molecule has 150 valence electrons. The number of amides is 1. The van der Waals surface area contributed by atoms with E-state index in [1.807, 2.05) is 12.1 Å². The molecule has 1 heterocycles. The molecule has 2 aromatic rings. The van der Waals surface area contributed by atoms with E-state index in [2.05, 4.69) is 26.1 Å². The standard InChI is InChI=1S/C21H25FN2O3S/c1-21(2,3)15-6-12-18(13-7-15)28(26,27)24-14-4-5-19(24)20(25)23-17-10-8-16(22)9-11-17/h6-13,19H,4-5,14H2,1-3H3,(H,23,25). The van der Waals surface area contributed by atoms with E-state index < -0.39 is 27.8 Å². The third-order valence-electron chi connectivity index (χ3n) is 4.95. The summed E-state index contributed by atoms with van der Waals surface area (Å²) in [5, 5.41) is 2.68. The SMILES string of the molecule is CC(C)(C)c1ccc(S(=O)(=O)N2CCCC2C(=O)Nc2ccc(F)cc2)cc1. The van der Waals surface area contributed by atoms with Gasteiger partial charge in [0.25, 0.3) is 0 Å². The number of benzene rings is 2. The predicted molar refractivity (Wildman–Crippen MR) is 107 cm³/mol. The summed E-state index contributed by atoms with van der Waals surface area (Å²) in [5.41, 5.74) is 1.40. The monoisotopic (exact) mass is 404 g/mol. The van der Waals surface area contributed by atoms with Crippen LogP contribution in [0.15, 0.2) is 53.4 Å². The van der Waals surface area contributed by atoms with Gasteiger partial charge < -0.3 is 5.32 Å². The average molecular weight is 405 g/mol. The van der Waals surface area contributed by atoms with Crippen LogP contribution in [0.3, 0.4) is 0 Å². The molecular weight excluding hydrogens is 379 g/mol. The highest BCUT2D eigenvalue weighted by molar-refractivity contribution is 7.89. The topological polar surface area (TPSA) is 66.5 Å².